The van der Waals surface area contributed by atoms with Crippen LogP contribution in [0.25, 0.3) is 0 Å². The van der Waals surface area contributed by atoms with Gasteiger partial charge in [-0.15, -0.1) is 0 Å². The van der Waals surface area contributed by atoms with Gasteiger partial charge in [-0.2, -0.15) is 0 Å². The van der Waals surface area contributed by atoms with Crippen LogP contribution in [-0.2, 0) is 14.8 Å². The van der Waals surface area contributed by atoms with E-state index in [1.807, 2.05) is 27.7 Å². The summed E-state index contributed by atoms with van der Waals surface area (Å²) < 4.78 is 30.4. The van der Waals surface area contributed by atoms with Crippen LogP contribution < -0.4 is 5.73 Å². The number of rotatable bonds is 9. The highest BCUT2D eigenvalue weighted by Gasteiger charge is 2.19. The zero-order valence-corrected chi connectivity index (χ0v) is 13.0. The van der Waals surface area contributed by atoms with Crippen LogP contribution in [0.2, 0.25) is 0 Å². The van der Waals surface area contributed by atoms with Crippen LogP contribution in [0.5, 0.6) is 0 Å². The number of ether oxygens (including phenoxy) is 1. The molecule has 2 N–H and O–H groups in total. The van der Waals surface area contributed by atoms with Gasteiger partial charge in [-0.3, -0.25) is 0 Å². The van der Waals surface area contributed by atoms with Crippen LogP contribution in [0.4, 0.5) is 0 Å². The molecule has 18 heavy (non-hydrogen) atoms. The van der Waals surface area contributed by atoms with Gasteiger partial charge in [-0.05, 0) is 26.2 Å². The van der Waals surface area contributed by atoms with E-state index >= 15 is 0 Å². The molecular weight excluding hydrogens is 252 g/mol. The molecule has 0 aromatic carbocycles. The summed E-state index contributed by atoms with van der Waals surface area (Å²) in [5.74, 6) is 0.392. The third kappa shape index (κ3) is 7.31. The van der Waals surface area contributed by atoms with Gasteiger partial charge < -0.3 is 10.5 Å². The molecule has 1 atom stereocenters. The van der Waals surface area contributed by atoms with Gasteiger partial charge in [0.15, 0.2) is 0 Å². The van der Waals surface area contributed by atoms with Crippen molar-refractivity contribution in [3.05, 3.63) is 0 Å². The summed E-state index contributed by atoms with van der Waals surface area (Å²) in [5, 5.41) is 0. The van der Waals surface area contributed by atoms with Gasteiger partial charge in [0.05, 0.1) is 18.5 Å². The lowest BCUT2D eigenvalue weighted by molar-refractivity contribution is 0.0907. The maximum absolute atomic E-state index is 11.9. The van der Waals surface area contributed by atoms with Crippen LogP contribution in [0.1, 0.15) is 34.1 Å². The van der Waals surface area contributed by atoms with E-state index in [4.69, 9.17) is 10.5 Å². The Hall–Kier alpha value is -0.170. The molecule has 0 aromatic heterocycles. The lowest BCUT2D eigenvalue weighted by Gasteiger charge is -2.21. The van der Waals surface area contributed by atoms with E-state index in [-0.39, 0.29) is 24.5 Å². The van der Waals surface area contributed by atoms with Crippen LogP contribution in [0.15, 0.2) is 0 Å². The van der Waals surface area contributed by atoms with Crippen LogP contribution in [0, 0.1) is 5.92 Å². The molecular formula is C12H28N2O3S. The van der Waals surface area contributed by atoms with Crippen molar-refractivity contribution in [2.24, 2.45) is 11.7 Å². The van der Waals surface area contributed by atoms with Crippen molar-refractivity contribution in [2.45, 2.75) is 46.3 Å². The minimum atomic E-state index is -3.22. The second-order valence-electron chi connectivity index (χ2n) is 5.25. The fourth-order valence-corrected chi connectivity index (χ4v) is 2.35. The number of nitrogens with two attached hydrogens (primary N) is 1. The second-order valence-corrected chi connectivity index (χ2v) is 7.45. The minimum absolute atomic E-state index is 0.0264. The summed E-state index contributed by atoms with van der Waals surface area (Å²) in [7, 11) is -1.63. The quantitative estimate of drug-likeness (QED) is 0.685. The summed E-state index contributed by atoms with van der Waals surface area (Å²) in [6, 6.07) is 0.0366. The molecule has 0 amide bonds. The third-order valence-electron chi connectivity index (χ3n) is 2.90. The molecule has 0 radical (unpaired) electrons. The summed E-state index contributed by atoms with van der Waals surface area (Å²) in [4.78, 5) is 0. The molecule has 0 saturated carbocycles. The molecule has 0 bridgehead atoms. The van der Waals surface area contributed by atoms with E-state index in [9.17, 15) is 8.42 Å². The van der Waals surface area contributed by atoms with E-state index in [1.54, 1.807) is 7.05 Å². The number of sulfonamides is 1. The normalized spacial score (nSPS) is 14.7. The molecule has 6 heteroatoms. The van der Waals surface area contributed by atoms with Crippen molar-refractivity contribution in [3.8, 4) is 0 Å². The molecule has 0 spiro atoms. The van der Waals surface area contributed by atoms with Gasteiger partial charge in [0, 0.05) is 19.6 Å². The monoisotopic (exact) mass is 280 g/mol. The Morgan fingerprint density at radius 2 is 1.78 bits per heavy atom. The van der Waals surface area contributed by atoms with Gasteiger partial charge in [0.25, 0.3) is 0 Å². The van der Waals surface area contributed by atoms with Crippen molar-refractivity contribution < 1.29 is 13.2 Å². The fraction of sp³-hybridized carbons (Fsp3) is 1.00. The standard InChI is InChI=1S/C12H28N2O3S/c1-10(2)12(13)6-7-14(5)18(15,16)9-8-17-11(3)4/h10-12H,6-9,13H2,1-5H3. The highest BCUT2D eigenvalue weighted by Crippen LogP contribution is 2.06. The zero-order chi connectivity index (χ0) is 14.3. The Morgan fingerprint density at radius 3 is 2.22 bits per heavy atom. The fourth-order valence-electron chi connectivity index (χ4n) is 1.35. The predicted octanol–water partition coefficient (Wildman–Crippen LogP) is 1.05. The number of nitrogens with zero attached hydrogens (tertiary/aromatic N) is 1. The average Bonchev–Trinajstić information content (AvgIpc) is 2.24. The zero-order valence-electron chi connectivity index (χ0n) is 12.2. The number of hydrogen-bond donors (Lipinski definition) is 1. The topological polar surface area (TPSA) is 72.6 Å². The molecule has 1 unspecified atom stereocenters. The molecule has 110 valence electrons. The molecule has 0 aliphatic carbocycles. The van der Waals surface area contributed by atoms with Gasteiger partial charge in [-0.1, -0.05) is 13.8 Å². The van der Waals surface area contributed by atoms with Crippen molar-refractivity contribution in [1.29, 1.82) is 0 Å². The molecule has 0 aromatic rings. The minimum Gasteiger partial charge on any atom is -0.378 e. The Labute approximate surface area is 112 Å². The highest BCUT2D eigenvalue weighted by molar-refractivity contribution is 7.89. The first-order valence-corrected chi connectivity index (χ1v) is 8.09. The van der Waals surface area contributed by atoms with Crippen molar-refractivity contribution in [2.75, 3.05) is 26.0 Å². The first-order chi connectivity index (χ1) is 8.16. The first-order valence-electron chi connectivity index (χ1n) is 6.48. The average molecular weight is 280 g/mol. The summed E-state index contributed by atoms with van der Waals surface area (Å²) in [6.07, 6.45) is 0.734. The van der Waals surface area contributed by atoms with E-state index in [1.165, 1.54) is 4.31 Å². The third-order valence-corrected chi connectivity index (χ3v) is 4.72. The summed E-state index contributed by atoms with van der Waals surface area (Å²) in [6.45, 7) is 8.55. The number of hydrogen-bond acceptors (Lipinski definition) is 4. The SMILES string of the molecule is CC(C)OCCS(=O)(=O)N(C)CCC(N)C(C)C. The molecule has 0 saturated heterocycles. The van der Waals surface area contributed by atoms with E-state index in [0.29, 0.717) is 18.9 Å². The maximum atomic E-state index is 11.9. The van der Waals surface area contributed by atoms with E-state index in [2.05, 4.69) is 0 Å². The second kappa shape index (κ2) is 8.09. The van der Waals surface area contributed by atoms with Gasteiger partial charge >= 0.3 is 0 Å². The summed E-state index contributed by atoms with van der Waals surface area (Å²) >= 11 is 0. The lowest BCUT2D eigenvalue weighted by Crippen LogP contribution is -2.36. The Morgan fingerprint density at radius 1 is 1.22 bits per heavy atom. The van der Waals surface area contributed by atoms with Crippen LogP contribution in [0.3, 0.4) is 0 Å². The van der Waals surface area contributed by atoms with Crippen LogP contribution >= 0.6 is 0 Å². The first kappa shape index (κ1) is 17.8. The molecule has 0 fully saturated rings. The van der Waals surface area contributed by atoms with Gasteiger partial charge in [-0.25, -0.2) is 12.7 Å². The highest BCUT2D eigenvalue weighted by atomic mass is 32.2. The lowest BCUT2D eigenvalue weighted by atomic mass is 10.0. The van der Waals surface area contributed by atoms with Gasteiger partial charge in [0.2, 0.25) is 10.0 Å². The molecule has 0 aliphatic rings. The molecule has 5 nitrogen and oxygen atoms in total. The predicted molar refractivity (Wildman–Crippen MR) is 74.9 cm³/mol. The smallest absolute Gasteiger partial charge is 0.216 e. The van der Waals surface area contributed by atoms with Crippen molar-refractivity contribution in [1.82, 2.24) is 4.31 Å². The Balaban J connectivity index is 4.10. The van der Waals surface area contributed by atoms with Crippen molar-refractivity contribution >= 4 is 10.0 Å². The molecule has 0 rings (SSSR count). The van der Waals surface area contributed by atoms with Gasteiger partial charge in [0.1, 0.15) is 0 Å². The maximum Gasteiger partial charge on any atom is 0.216 e. The largest absolute Gasteiger partial charge is 0.378 e. The van der Waals surface area contributed by atoms with E-state index in [0.717, 1.165) is 0 Å². The molecule has 0 aliphatic heterocycles. The molecule has 0 heterocycles. The van der Waals surface area contributed by atoms with E-state index < -0.39 is 10.0 Å². The Kier molecular flexibility index (Phi) is 8.02. The van der Waals surface area contributed by atoms with Crippen molar-refractivity contribution in [3.63, 3.8) is 0 Å². The Bertz CT molecular complexity index is 315. The van der Waals surface area contributed by atoms with Crippen LogP contribution in [-0.4, -0.2) is 50.8 Å². The summed E-state index contributed by atoms with van der Waals surface area (Å²) in [5.41, 5.74) is 5.90.